The van der Waals surface area contributed by atoms with Crippen molar-refractivity contribution in [2.45, 2.75) is 64.6 Å². The molecule has 8 nitrogen and oxygen atoms in total. The number of fused-ring (bicyclic) bond motifs is 1. The summed E-state index contributed by atoms with van der Waals surface area (Å²) in [5, 5.41) is 11.6. The summed E-state index contributed by atoms with van der Waals surface area (Å²) in [6.45, 7) is 3.48. The maximum absolute atomic E-state index is 14.1. The third kappa shape index (κ3) is 5.74. The van der Waals surface area contributed by atoms with Gasteiger partial charge < -0.3 is 5.32 Å². The van der Waals surface area contributed by atoms with E-state index in [4.69, 9.17) is 0 Å². The van der Waals surface area contributed by atoms with Crippen molar-refractivity contribution in [1.82, 2.24) is 20.3 Å². The van der Waals surface area contributed by atoms with E-state index in [2.05, 4.69) is 22.6 Å². The highest BCUT2D eigenvalue weighted by Gasteiger charge is 2.34. The molecule has 8 heteroatoms. The normalized spacial score (nSPS) is 14.3. The van der Waals surface area contributed by atoms with Gasteiger partial charge in [-0.3, -0.25) is 19.3 Å². The Bertz CT molecular complexity index is 1470. The van der Waals surface area contributed by atoms with Gasteiger partial charge in [0.2, 0.25) is 11.8 Å². The van der Waals surface area contributed by atoms with Crippen LogP contribution in [0.15, 0.2) is 72.8 Å². The summed E-state index contributed by atoms with van der Waals surface area (Å²) in [7, 11) is 0. The molecule has 1 saturated carbocycles. The maximum Gasteiger partial charge on any atom is 0.249 e. The molecule has 1 fully saturated rings. The number of para-hydroxylation sites is 1. The molecule has 0 radical (unpaired) electrons. The molecule has 4 aromatic rings. The molecule has 39 heavy (non-hydrogen) atoms. The minimum absolute atomic E-state index is 0.0702. The Hall–Kier alpha value is -4.33. The number of rotatable bonds is 9. The topological polar surface area (TPSA) is 97.2 Å². The van der Waals surface area contributed by atoms with E-state index in [0.29, 0.717) is 16.8 Å². The molecule has 1 aliphatic carbocycles. The summed E-state index contributed by atoms with van der Waals surface area (Å²) < 4.78 is 1.56. The zero-order valence-corrected chi connectivity index (χ0v) is 22.3. The van der Waals surface area contributed by atoms with E-state index in [1.54, 1.807) is 28.9 Å². The first kappa shape index (κ1) is 26.3. The van der Waals surface area contributed by atoms with E-state index in [0.717, 1.165) is 48.7 Å². The largest absolute Gasteiger partial charge is 0.351 e. The zero-order valence-electron chi connectivity index (χ0n) is 22.3. The minimum Gasteiger partial charge on any atom is -0.351 e. The Morgan fingerprint density at radius 1 is 0.974 bits per heavy atom. The van der Waals surface area contributed by atoms with Gasteiger partial charge in [-0.05, 0) is 73.7 Å². The molecule has 200 valence electrons. The van der Waals surface area contributed by atoms with Crippen molar-refractivity contribution >= 4 is 34.3 Å². The smallest absolute Gasteiger partial charge is 0.249 e. The van der Waals surface area contributed by atoms with Gasteiger partial charge in [-0.15, -0.1) is 5.10 Å². The van der Waals surface area contributed by atoms with E-state index in [1.807, 2.05) is 48.5 Å². The molecule has 0 bridgehead atoms. The van der Waals surface area contributed by atoms with Crippen LogP contribution in [0.3, 0.4) is 0 Å². The highest BCUT2D eigenvalue weighted by Crippen LogP contribution is 2.30. The summed E-state index contributed by atoms with van der Waals surface area (Å²) in [6, 6.07) is 21.3. The van der Waals surface area contributed by atoms with E-state index in [1.165, 1.54) is 11.8 Å². The fourth-order valence-corrected chi connectivity index (χ4v) is 5.24. The number of benzene rings is 3. The summed E-state index contributed by atoms with van der Waals surface area (Å²) in [5.41, 5.74) is 4.35. The van der Waals surface area contributed by atoms with Crippen LogP contribution in [0.4, 0.5) is 5.69 Å². The van der Waals surface area contributed by atoms with Gasteiger partial charge in [-0.1, -0.05) is 61.4 Å². The second-order valence-corrected chi connectivity index (χ2v) is 10.1. The van der Waals surface area contributed by atoms with Gasteiger partial charge in [0.25, 0.3) is 0 Å². The third-order valence-corrected chi connectivity index (χ3v) is 7.44. The summed E-state index contributed by atoms with van der Waals surface area (Å²) in [5.74, 6) is -0.606. The standard InChI is InChI=1S/C31H33N5O3/c1-3-22-12-14-24(15-13-22)30(31(39)32-25-8-4-5-9-25)36(26-18-16-23(17-19-26)21(2)37)29(38)20-35-28-11-7-6-10-27(28)33-34-35/h6-7,10-19,25,30H,3-5,8-9,20H2,1-2H3,(H,32,39). The monoisotopic (exact) mass is 523 g/mol. The van der Waals surface area contributed by atoms with Crippen molar-refractivity contribution < 1.29 is 14.4 Å². The second kappa shape index (κ2) is 11.6. The van der Waals surface area contributed by atoms with Gasteiger partial charge in [-0.2, -0.15) is 0 Å². The number of ketones is 1. The van der Waals surface area contributed by atoms with Crippen LogP contribution in [0.25, 0.3) is 11.0 Å². The lowest BCUT2D eigenvalue weighted by Crippen LogP contribution is -2.47. The maximum atomic E-state index is 14.1. The van der Waals surface area contributed by atoms with Crippen molar-refractivity contribution in [3.63, 3.8) is 0 Å². The summed E-state index contributed by atoms with van der Waals surface area (Å²) in [4.78, 5) is 41.6. The Balaban J connectivity index is 1.58. The van der Waals surface area contributed by atoms with Crippen LogP contribution in [0.1, 0.15) is 67.1 Å². The minimum atomic E-state index is -0.901. The summed E-state index contributed by atoms with van der Waals surface area (Å²) in [6.07, 6.45) is 4.89. The zero-order chi connectivity index (χ0) is 27.4. The van der Waals surface area contributed by atoms with Gasteiger partial charge in [0.1, 0.15) is 18.1 Å². The number of carbonyl (C=O) groups excluding carboxylic acids is 3. The molecule has 0 aliphatic heterocycles. The Morgan fingerprint density at radius 2 is 1.67 bits per heavy atom. The lowest BCUT2D eigenvalue weighted by Gasteiger charge is -2.32. The number of nitrogens with zero attached hydrogens (tertiary/aromatic N) is 4. The number of aryl methyl sites for hydroxylation is 1. The molecule has 0 spiro atoms. The van der Waals surface area contributed by atoms with Crippen LogP contribution in [0.2, 0.25) is 0 Å². The predicted octanol–water partition coefficient (Wildman–Crippen LogP) is 5.03. The molecule has 0 saturated heterocycles. The molecule has 1 atom stereocenters. The number of hydrogen-bond acceptors (Lipinski definition) is 5. The van der Waals surface area contributed by atoms with Gasteiger partial charge in [0, 0.05) is 17.3 Å². The number of amides is 2. The van der Waals surface area contributed by atoms with E-state index in [-0.39, 0.29) is 30.2 Å². The van der Waals surface area contributed by atoms with Crippen molar-refractivity contribution in [3.05, 3.63) is 89.5 Å². The van der Waals surface area contributed by atoms with E-state index in [9.17, 15) is 14.4 Å². The Morgan fingerprint density at radius 3 is 2.33 bits per heavy atom. The number of nitrogens with one attached hydrogen (secondary N) is 1. The molecule has 1 N–H and O–H groups in total. The van der Waals surface area contributed by atoms with Crippen molar-refractivity contribution in [1.29, 1.82) is 0 Å². The van der Waals surface area contributed by atoms with Crippen LogP contribution >= 0.6 is 0 Å². The Kier molecular flexibility index (Phi) is 7.81. The fraction of sp³-hybridized carbons (Fsp3) is 0.323. The lowest BCUT2D eigenvalue weighted by molar-refractivity contribution is -0.127. The highest BCUT2D eigenvalue weighted by molar-refractivity contribution is 6.02. The van der Waals surface area contributed by atoms with Crippen LogP contribution in [-0.4, -0.2) is 38.6 Å². The van der Waals surface area contributed by atoms with Crippen molar-refractivity contribution in [2.75, 3.05) is 4.90 Å². The fourth-order valence-electron chi connectivity index (χ4n) is 5.24. The Labute approximate surface area is 228 Å². The first-order valence-corrected chi connectivity index (χ1v) is 13.5. The van der Waals surface area contributed by atoms with E-state index < -0.39 is 6.04 Å². The van der Waals surface area contributed by atoms with Crippen LogP contribution in [0.5, 0.6) is 0 Å². The van der Waals surface area contributed by atoms with Crippen LogP contribution in [0, 0.1) is 0 Å². The van der Waals surface area contributed by atoms with Gasteiger partial charge in [-0.25, -0.2) is 4.68 Å². The number of Topliss-reactive ketones (excluding diaryl/α,β-unsaturated/α-hetero) is 1. The first-order chi connectivity index (χ1) is 18.9. The third-order valence-electron chi connectivity index (χ3n) is 7.44. The predicted molar refractivity (Wildman–Crippen MR) is 150 cm³/mol. The number of carbonyl (C=O) groups is 3. The number of anilines is 1. The number of hydrogen-bond donors (Lipinski definition) is 1. The lowest BCUT2D eigenvalue weighted by atomic mass is 9.99. The molecular formula is C31H33N5O3. The number of aromatic nitrogens is 3. The molecule has 1 unspecified atom stereocenters. The van der Waals surface area contributed by atoms with Gasteiger partial charge >= 0.3 is 0 Å². The molecule has 3 aromatic carbocycles. The molecule has 1 heterocycles. The molecule has 2 amide bonds. The van der Waals surface area contributed by atoms with Crippen LogP contribution in [-0.2, 0) is 22.6 Å². The van der Waals surface area contributed by atoms with Crippen molar-refractivity contribution in [2.24, 2.45) is 0 Å². The SMILES string of the molecule is CCc1ccc(C(C(=O)NC2CCCC2)N(C(=O)Cn2nnc3ccccc32)c2ccc(C(C)=O)cc2)cc1. The van der Waals surface area contributed by atoms with Gasteiger partial charge in [0.05, 0.1) is 5.52 Å². The molecule has 5 rings (SSSR count). The summed E-state index contributed by atoms with van der Waals surface area (Å²) >= 11 is 0. The molecule has 1 aromatic heterocycles. The average Bonchev–Trinajstić information content (AvgIpc) is 3.62. The highest BCUT2D eigenvalue weighted by atomic mass is 16.2. The molecule has 1 aliphatic rings. The van der Waals surface area contributed by atoms with Gasteiger partial charge in [0.15, 0.2) is 5.78 Å². The van der Waals surface area contributed by atoms with Crippen LogP contribution < -0.4 is 10.2 Å². The average molecular weight is 524 g/mol. The van der Waals surface area contributed by atoms with E-state index >= 15 is 0 Å². The second-order valence-electron chi connectivity index (χ2n) is 10.1. The van der Waals surface area contributed by atoms with Crippen molar-refractivity contribution in [3.8, 4) is 0 Å². The quantitative estimate of drug-likeness (QED) is 0.311. The first-order valence-electron chi connectivity index (χ1n) is 13.5. The molecular weight excluding hydrogens is 490 g/mol.